The summed E-state index contributed by atoms with van der Waals surface area (Å²) in [6.07, 6.45) is 10.4. The fourth-order valence-electron chi connectivity index (χ4n) is 6.37. The molecule has 55 heavy (non-hydrogen) atoms. The maximum atomic E-state index is 14.8. The number of amides is 3. The van der Waals surface area contributed by atoms with Gasteiger partial charge in [0.15, 0.2) is 11.6 Å². The second-order valence-corrected chi connectivity index (χ2v) is 13.9. The molecule has 5 heterocycles. The highest BCUT2D eigenvalue weighted by Gasteiger charge is 2.39. The molecule has 294 valence electrons. The van der Waals surface area contributed by atoms with Crippen LogP contribution in [0.4, 0.5) is 10.3 Å². The summed E-state index contributed by atoms with van der Waals surface area (Å²) < 4.78 is 27.9. The van der Waals surface area contributed by atoms with Crippen LogP contribution in [-0.2, 0) is 32.1 Å². The topological polar surface area (TPSA) is 234 Å². The Balaban J connectivity index is 1.32. The van der Waals surface area contributed by atoms with Crippen LogP contribution < -0.4 is 16.4 Å². The zero-order valence-electron chi connectivity index (χ0n) is 31.0. The lowest BCUT2D eigenvalue weighted by Crippen LogP contribution is -2.44. The minimum Gasteiger partial charge on any atom is -0.460 e. The number of aromatic nitrogens is 6. The van der Waals surface area contributed by atoms with E-state index in [0.29, 0.717) is 36.2 Å². The molecule has 0 aromatic carbocycles. The van der Waals surface area contributed by atoms with Crippen molar-refractivity contribution >= 4 is 29.6 Å². The second-order valence-electron chi connectivity index (χ2n) is 13.9. The zero-order chi connectivity index (χ0) is 39.5. The number of nitrogens with one attached hydrogen (secondary N) is 2. The van der Waals surface area contributed by atoms with Crippen molar-refractivity contribution in [2.75, 3.05) is 25.4 Å². The third kappa shape index (κ3) is 11.6. The van der Waals surface area contributed by atoms with Crippen molar-refractivity contribution in [2.45, 2.75) is 83.8 Å². The monoisotopic (exact) mass is 762 g/mol. The Morgan fingerprint density at radius 3 is 2.73 bits per heavy atom. The molecule has 2 bridgehead atoms. The van der Waals surface area contributed by atoms with E-state index in [4.69, 9.17) is 14.9 Å². The molecule has 18 heteroatoms. The number of halogens is 1. The van der Waals surface area contributed by atoms with Crippen molar-refractivity contribution in [2.24, 2.45) is 11.8 Å². The van der Waals surface area contributed by atoms with E-state index >= 15 is 0 Å². The number of alkyl halides is 1. The van der Waals surface area contributed by atoms with E-state index in [2.05, 4.69) is 35.9 Å². The largest absolute Gasteiger partial charge is 0.460 e. The van der Waals surface area contributed by atoms with Crippen LogP contribution in [0.1, 0.15) is 62.8 Å². The van der Waals surface area contributed by atoms with Crippen molar-refractivity contribution in [1.82, 2.24) is 45.5 Å². The molecule has 5 rings (SSSR count). The molecule has 0 aliphatic carbocycles. The standard InChI is InChI=1S/C37H47FN10O7/c1-22(2)34-24(15-32(51)41-11-13-47-20-28(45-46-47)25-18-42-37(39)43-19-25)8-9-31(50)40-10-4-6-23(3)14-27(49)16-26(38)17-33-44-29(21-54-33)35(52)48-12-5-7-30(48)36(53)55-34/h4,6,8-9,14,18-22,24,26-27,30,34,49H,5,7,10-13,15-17H2,1-3H3,(H,40,50)(H,41,51)(H2,39,42,43)/b6-4+,9-8+,23-14+. The van der Waals surface area contributed by atoms with Crippen molar-refractivity contribution in [1.29, 1.82) is 0 Å². The number of carbonyl (C=O) groups excluding carboxylic acids is 4. The average Bonchev–Trinajstić information content (AvgIpc) is 3.92. The van der Waals surface area contributed by atoms with Gasteiger partial charge in [-0.05, 0) is 31.8 Å². The first kappa shape index (κ1) is 40.4. The van der Waals surface area contributed by atoms with Crippen LogP contribution >= 0.6 is 0 Å². The second kappa shape index (κ2) is 19.0. The first-order valence-electron chi connectivity index (χ1n) is 18.2. The number of allylic oxidation sites excluding steroid dienone is 2. The van der Waals surface area contributed by atoms with Crippen molar-refractivity contribution in [3.8, 4) is 11.3 Å². The third-order valence-corrected chi connectivity index (χ3v) is 9.10. The van der Waals surface area contributed by atoms with E-state index in [1.165, 1.54) is 29.4 Å². The number of esters is 1. The van der Waals surface area contributed by atoms with E-state index in [1.54, 1.807) is 36.0 Å². The molecule has 0 radical (unpaired) electrons. The number of hydrogen-bond acceptors (Lipinski definition) is 13. The number of carbonyl (C=O) groups is 4. The molecule has 17 nitrogen and oxygen atoms in total. The number of aliphatic hydroxyl groups excluding tert-OH is 1. The van der Waals surface area contributed by atoms with Gasteiger partial charge in [-0.2, -0.15) is 0 Å². The van der Waals surface area contributed by atoms with Crippen molar-refractivity contribution in [3.05, 3.63) is 72.4 Å². The Morgan fingerprint density at radius 2 is 1.96 bits per heavy atom. The molecule has 2 aliphatic heterocycles. The normalized spacial score (nSPS) is 25.3. The lowest BCUT2D eigenvalue weighted by Gasteiger charge is -2.30. The minimum atomic E-state index is -1.51. The molecule has 5 unspecified atom stereocenters. The number of oxazole rings is 1. The van der Waals surface area contributed by atoms with Gasteiger partial charge in [-0.15, -0.1) is 5.10 Å². The van der Waals surface area contributed by atoms with Crippen LogP contribution in [0.15, 0.2) is 65.2 Å². The van der Waals surface area contributed by atoms with Crippen LogP contribution in [0.5, 0.6) is 0 Å². The number of anilines is 1. The van der Waals surface area contributed by atoms with Crippen molar-refractivity contribution < 1.29 is 37.8 Å². The van der Waals surface area contributed by atoms with Gasteiger partial charge in [-0.25, -0.2) is 24.1 Å². The average molecular weight is 763 g/mol. The van der Waals surface area contributed by atoms with Crippen LogP contribution in [0.2, 0.25) is 0 Å². The first-order chi connectivity index (χ1) is 26.4. The van der Waals surface area contributed by atoms with Crippen LogP contribution in [0.3, 0.4) is 0 Å². The molecular formula is C37H47FN10O7. The quantitative estimate of drug-likeness (QED) is 0.253. The molecule has 0 spiro atoms. The molecule has 3 amide bonds. The van der Waals surface area contributed by atoms with Gasteiger partial charge in [0.2, 0.25) is 17.8 Å². The summed E-state index contributed by atoms with van der Waals surface area (Å²) in [7, 11) is 0. The fraction of sp³-hybridized carbons (Fsp3) is 0.486. The molecule has 0 saturated carbocycles. The van der Waals surface area contributed by atoms with Gasteiger partial charge in [0.25, 0.3) is 5.91 Å². The van der Waals surface area contributed by atoms with Crippen molar-refractivity contribution in [3.63, 3.8) is 0 Å². The Labute approximate surface area is 317 Å². The molecule has 5 N–H and O–H groups in total. The molecule has 3 aromatic rings. The fourth-order valence-corrected chi connectivity index (χ4v) is 6.37. The van der Waals surface area contributed by atoms with Gasteiger partial charge in [0.1, 0.15) is 30.3 Å². The summed E-state index contributed by atoms with van der Waals surface area (Å²) in [5.41, 5.74) is 7.30. The number of nitrogens with zero attached hydrogens (tertiary/aromatic N) is 7. The number of ether oxygens (including phenoxy) is 1. The molecule has 1 saturated heterocycles. The van der Waals surface area contributed by atoms with E-state index in [0.717, 1.165) is 6.26 Å². The van der Waals surface area contributed by atoms with Gasteiger partial charge in [-0.3, -0.25) is 19.1 Å². The highest BCUT2D eigenvalue weighted by atomic mass is 19.1. The number of cyclic esters (lactones) is 1. The Morgan fingerprint density at radius 1 is 1.18 bits per heavy atom. The molecule has 2 aliphatic rings. The first-order valence-corrected chi connectivity index (χ1v) is 18.2. The van der Waals surface area contributed by atoms with Gasteiger partial charge in [0.05, 0.1) is 25.3 Å². The highest BCUT2D eigenvalue weighted by molar-refractivity contribution is 5.95. The highest BCUT2D eigenvalue weighted by Crippen LogP contribution is 2.27. The van der Waals surface area contributed by atoms with Gasteiger partial charge in [0, 0.05) is 56.4 Å². The van der Waals surface area contributed by atoms with Crippen LogP contribution in [0, 0.1) is 11.8 Å². The Bertz CT molecular complexity index is 1890. The summed E-state index contributed by atoms with van der Waals surface area (Å²) in [5.74, 6) is -2.92. The Kier molecular flexibility index (Phi) is 14.0. The van der Waals surface area contributed by atoms with Gasteiger partial charge < -0.3 is 35.5 Å². The lowest BCUT2D eigenvalue weighted by molar-refractivity contribution is -0.159. The smallest absolute Gasteiger partial charge is 0.329 e. The summed E-state index contributed by atoms with van der Waals surface area (Å²) in [6.45, 7) is 6.32. The number of hydrogen-bond donors (Lipinski definition) is 4. The predicted octanol–water partition coefficient (Wildman–Crippen LogP) is 2.12. The lowest BCUT2D eigenvalue weighted by atomic mass is 9.89. The number of fused-ring (bicyclic) bond motifs is 3. The summed E-state index contributed by atoms with van der Waals surface area (Å²) in [6, 6.07) is -0.935. The molecule has 3 aromatic heterocycles. The third-order valence-electron chi connectivity index (χ3n) is 9.10. The molecular weight excluding hydrogens is 715 g/mol. The van der Waals surface area contributed by atoms with Gasteiger partial charge >= 0.3 is 5.97 Å². The Hall–Kier alpha value is -5.78. The number of rotatable bonds is 7. The van der Waals surface area contributed by atoms with E-state index in [-0.39, 0.29) is 68.3 Å². The van der Waals surface area contributed by atoms with E-state index in [1.807, 2.05) is 13.8 Å². The predicted molar refractivity (Wildman–Crippen MR) is 196 cm³/mol. The zero-order valence-corrected chi connectivity index (χ0v) is 31.0. The summed E-state index contributed by atoms with van der Waals surface area (Å²) in [5, 5.41) is 24.2. The SMILES string of the molecule is CC1=C\C(O)CC(F)Cc2nc(co2)C(=O)N2CCCC2C(=O)OC(C(C)C)C(CC(=O)NCCn2cc(-c3cnc(N)nc3)nn2)/C=C/C(=O)NC\C=C\1. The number of aliphatic hydroxyl groups is 1. The minimum absolute atomic E-state index is 0.0109. The summed E-state index contributed by atoms with van der Waals surface area (Å²) in [4.78, 5) is 66.9. The number of nitrogen functional groups attached to an aromatic ring is 1. The molecule has 1 fully saturated rings. The van der Waals surface area contributed by atoms with Crippen LogP contribution in [0.25, 0.3) is 11.3 Å². The van der Waals surface area contributed by atoms with Crippen LogP contribution in [-0.4, -0.2) is 108 Å². The summed E-state index contributed by atoms with van der Waals surface area (Å²) >= 11 is 0. The van der Waals surface area contributed by atoms with E-state index in [9.17, 15) is 28.7 Å². The maximum absolute atomic E-state index is 14.8. The number of nitrogens with two attached hydrogens (primary N) is 1. The molecule has 5 atom stereocenters. The van der Waals surface area contributed by atoms with Gasteiger partial charge in [-0.1, -0.05) is 48.9 Å². The maximum Gasteiger partial charge on any atom is 0.329 e. The van der Waals surface area contributed by atoms with E-state index < -0.39 is 48.1 Å².